The molecule has 1 saturated heterocycles. The number of nitrogens with zero attached hydrogens (tertiary/aromatic N) is 2. The Morgan fingerprint density at radius 1 is 0.913 bits per heavy atom. The minimum absolute atomic E-state index is 1.23. The first-order chi connectivity index (χ1) is 11.3. The summed E-state index contributed by atoms with van der Waals surface area (Å²) in [6.45, 7) is 9.92. The van der Waals surface area contributed by atoms with E-state index in [1.807, 2.05) is 11.3 Å². The van der Waals surface area contributed by atoms with Crippen LogP contribution >= 0.6 is 11.3 Å². The summed E-state index contributed by atoms with van der Waals surface area (Å²) in [6, 6.07) is 11.1. The van der Waals surface area contributed by atoms with E-state index in [-0.39, 0.29) is 0 Å². The first-order valence-corrected chi connectivity index (χ1v) is 10.1. The van der Waals surface area contributed by atoms with Gasteiger partial charge < -0.3 is 9.80 Å². The van der Waals surface area contributed by atoms with E-state index in [0.717, 1.165) is 0 Å². The normalized spacial score (nSPS) is 17.1. The lowest BCUT2D eigenvalue weighted by Gasteiger charge is -2.34. The van der Waals surface area contributed by atoms with Crippen LogP contribution in [0.1, 0.15) is 37.5 Å². The Balaban J connectivity index is 1.35. The maximum absolute atomic E-state index is 2.66. The number of unbranched alkanes of at least 4 members (excludes halogenated alkanes) is 2. The monoisotopic (exact) mass is 330 g/mol. The van der Waals surface area contributed by atoms with Crippen LogP contribution in [-0.2, 0) is 6.42 Å². The second-order valence-corrected chi connectivity index (χ2v) is 7.91. The summed E-state index contributed by atoms with van der Waals surface area (Å²) in [5, 5.41) is 1.41. The topological polar surface area (TPSA) is 6.48 Å². The van der Waals surface area contributed by atoms with E-state index in [1.165, 1.54) is 81.5 Å². The van der Waals surface area contributed by atoms with Gasteiger partial charge in [-0.25, -0.2) is 0 Å². The predicted octanol–water partition coefficient (Wildman–Crippen LogP) is 4.64. The molecule has 0 saturated carbocycles. The van der Waals surface area contributed by atoms with Gasteiger partial charge in [-0.05, 0) is 49.9 Å². The van der Waals surface area contributed by atoms with Gasteiger partial charge in [0, 0.05) is 35.8 Å². The summed E-state index contributed by atoms with van der Waals surface area (Å²) in [6.07, 6.45) is 6.62. The van der Waals surface area contributed by atoms with E-state index in [9.17, 15) is 0 Å². The van der Waals surface area contributed by atoms with Crippen LogP contribution in [0.2, 0.25) is 0 Å². The number of fused-ring (bicyclic) bond motifs is 1. The lowest BCUT2D eigenvalue weighted by molar-refractivity contribution is 0.130. The van der Waals surface area contributed by atoms with Gasteiger partial charge in [0.25, 0.3) is 0 Å². The van der Waals surface area contributed by atoms with Crippen LogP contribution in [0.15, 0.2) is 30.3 Å². The largest absolute Gasteiger partial charge is 0.301 e. The molecule has 1 aromatic carbocycles. The van der Waals surface area contributed by atoms with Gasteiger partial charge in [0.15, 0.2) is 0 Å². The van der Waals surface area contributed by atoms with Crippen molar-refractivity contribution in [2.24, 2.45) is 0 Å². The highest BCUT2D eigenvalue weighted by atomic mass is 32.1. The van der Waals surface area contributed by atoms with Gasteiger partial charge in [-0.1, -0.05) is 38.0 Å². The van der Waals surface area contributed by atoms with Crippen molar-refractivity contribution >= 4 is 21.4 Å². The van der Waals surface area contributed by atoms with Crippen molar-refractivity contribution in [1.82, 2.24) is 9.80 Å². The Bertz CT molecular complexity index is 551. The molecule has 1 fully saturated rings. The van der Waals surface area contributed by atoms with E-state index in [2.05, 4.69) is 47.1 Å². The Hall–Kier alpha value is -0.900. The SMILES string of the molecule is CCCCCN1CCN(CCCc2cc3ccccc3s2)CC1. The highest BCUT2D eigenvalue weighted by Gasteiger charge is 2.15. The van der Waals surface area contributed by atoms with E-state index in [1.54, 1.807) is 4.88 Å². The molecule has 23 heavy (non-hydrogen) atoms. The van der Waals surface area contributed by atoms with Crippen molar-refractivity contribution in [3.05, 3.63) is 35.2 Å². The Morgan fingerprint density at radius 2 is 1.61 bits per heavy atom. The van der Waals surface area contributed by atoms with Crippen molar-refractivity contribution in [2.45, 2.75) is 39.0 Å². The fourth-order valence-corrected chi connectivity index (χ4v) is 4.57. The standard InChI is InChI=1S/C20H30N2S/c1-2-3-6-11-21-13-15-22(16-14-21)12-7-9-19-17-18-8-4-5-10-20(18)23-19/h4-5,8,10,17H,2-3,6-7,9,11-16H2,1H3. The molecule has 0 aliphatic carbocycles. The third-order valence-corrected chi connectivity index (χ3v) is 6.09. The molecule has 3 rings (SSSR count). The highest BCUT2D eigenvalue weighted by molar-refractivity contribution is 7.19. The Labute approximate surface area is 145 Å². The van der Waals surface area contributed by atoms with Crippen LogP contribution in [0.4, 0.5) is 0 Å². The lowest BCUT2D eigenvalue weighted by atomic mass is 10.2. The van der Waals surface area contributed by atoms with Crippen molar-refractivity contribution in [3.8, 4) is 0 Å². The van der Waals surface area contributed by atoms with E-state index >= 15 is 0 Å². The molecule has 0 N–H and O–H groups in total. The number of hydrogen-bond donors (Lipinski definition) is 0. The van der Waals surface area contributed by atoms with E-state index < -0.39 is 0 Å². The van der Waals surface area contributed by atoms with Crippen LogP contribution in [0, 0.1) is 0 Å². The van der Waals surface area contributed by atoms with E-state index in [4.69, 9.17) is 0 Å². The zero-order chi connectivity index (χ0) is 15.9. The summed E-state index contributed by atoms with van der Waals surface area (Å²) in [7, 11) is 0. The maximum Gasteiger partial charge on any atom is 0.0345 e. The Kier molecular flexibility index (Phi) is 6.49. The Morgan fingerprint density at radius 3 is 2.30 bits per heavy atom. The van der Waals surface area contributed by atoms with Crippen molar-refractivity contribution < 1.29 is 0 Å². The smallest absolute Gasteiger partial charge is 0.0345 e. The number of piperazine rings is 1. The molecule has 1 aliphatic heterocycles. The highest BCUT2D eigenvalue weighted by Crippen LogP contribution is 2.26. The molecule has 1 aliphatic rings. The van der Waals surface area contributed by atoms with Gasteiger partial charge in [0.2, 0.25) is 0 Å². The summed E-state index contributed by atoms with van der Waals surface area (Å²) in [5.74, 6) is 0. The van der Waals surface area contributed by atoms with Crippen LogP contribution in [-0.4, -0.2) is 49.1 Å². The quantitative estimate of drug-likeness (QED) is 0.651. The summed E-state index contributed by atoms with van der Waals surface area (Å²) in [5.41, 5.74) is 0. The second kappa shape index (κ2) is 8.81. The molecule has 3 heteroatoms. The molecule has 0 radical (unpaired) electrons. The van der Waals surface area contributed by atoms with Gasteiger partial charge >= 0.3 is 0 Å². The van der Waals surface area contributed by atoms with Gasteiger partial charge in [-0.3, -0.25) is 0 Å². The maximum atomic E-state index is 2.66. The number of aryl methyl sites for hydroxylation is 1. The third-order valence-electron chi connectivity index (χ3n) is 4.92. The molecule has 2 aromatic rings. The van der Waals surface area contributed by atoms with Crippen LogP contribution in [0.5, 0.6) is 0 Å². The average Bonchev–Trinajstić information content (AvgIpc) is 2.99. The van der Waals surface area contributed by atoms with Gasteiger partial charge in [-0.2, -0.15) is 0 Å². The average molecular weight is 331 g/mol. The van der Waals surface area contributed by atoms with E-state index in [0.29, 0.717) is 0 Å². The number of rotatable bonds is 8. The van der Waals surface area contributed by atoms with Crippen molar-refractivity contribution in [2.75, 3.05) is 39.3 Å². The fraction of sp³-hybridized carbons (Fsp3) is 0.600. The first-order valence-electron chi connectivity index (χ1n) is 9.27. The van der Waals surface area contributed by atoms with Gasteiger partial charge in [0.05, 0.1) is 0 Å². The fourth-order valence-electron chi connectivity index (χ4n) is 3.46. The summed E-state index contributed by atoms with van der Waals surface area (Å²) >= 11 is 1.97. The van der Waals surface area contributed by atoms with Crippen molar-refractivity contribution in [1.29, 1.82) is 0 Å². The molecular formula is C20H30N2S. The lowest BCUT2D eigenvalue weighted by Crippen LogP contribution is -2.46. The molecule has 0 amide bonds. The molecule has 1 aromatic heterocycles. The predicted molar refractivity (Wildman–Crippen MR) is 103 cm³/mol. The summed E-state index contributed by atoms with van der Waals surface area (Å²) in [4.78, 5) is 6.85. The minimum atomic E-state index is 1.23. The zero-order valence-corrected chi connectivity index (χ0v) is 15.3. The number of thiophene rings is 1. The molecule has 0 atom stereocenters. The molecule has 2 nitrogen and oxygen atoms in total. The molecule has 0 spiro atoms. The zero-order valence-electron chi connectivity index (χ0n) is 14.5. The van der Waals surface area contributed by atoms with Gasteiger partial charge in [-0.15, -0.1) is 11.3 Å². The second-order valence-electron chi connectivity index (χ2n) is 6.74. The molecule has 0 unspecified atom stereocenters. The first kappa shape index (κ1) is 16.9. The summed E-state index contributed by atoms with van der Waals surface area (Å²) < 4.78 is 1.43. The van der Waals surface area contributed by atoms with Crippen molar-refractivity contribution in [3.63, 3.8) is 0 Å². The van der Waals surface area contributed by atoms with Crippen LogP contribution in [0.25, 0.3) is 10.1 Å². The van der Waals surface area contributed by atoms with Crippen LogP contribution < -0.4 is 0 Å². The number of hydrogen-bond acceptors (Lipinski definition) is 3. The molecular weight excluding hydrogens is 300 g/mol. The minimum Gasteiger partial charge on any atom is -0.301 e. The van der Waals surface area contributed by atoms with Gasteiger partial charge in [0.1, 0.15) is 0 Å². The molecule has 0 bridgehead atoms. The third kappa shape index (κ3) is 5.03. The van der Waals surface area contributed by atoms with Crippen LogP contribution in [0.3, 0.4) is 0 Å². The molecule has 2 heterocycles. The number of benzene rings is 1. The molecule has 126 valence electrons.